The molecular formula is C27H20BrFN2OS2. The van der Waals surface area contributed by atoms with Gasteiger partial charge in [-0.25, -0.2) is 4.39 Å². The number of carbonyl (C=O) groups excluding carboxylic acids is 1. The van der Waals surface area contributed by atoms with E-state index in [1.807, 2.05) is 42.6 Å². The van der Waals surface area contributed by atoms with Gasteiger partial charge in [-0.05, 0) is 54.0 Å². The third kappa shape index (κ3) is 4.87. The van der Waals surface area contributed by atoms with Crippen LogP contribution >= 0.6 is 39.9 Å². The molecule has 1 aromatic heterocycles. The van der Waals surface area contributed by atoms with Crippen molar-refractivity contribution in [2.75, 3.05) is 6.54 Å². The molecule has 0 saturated carbocycles. The number of thioether (sulfide) groups is 1. The van der Waals surface area contributed by atoms with E-state index < -0.39 is 0 Å². The molecule has 34 heavy (non-hydrogen) atoms. The quantitative estimate of drug-likeness (QED) is 0.190. The minimum absolute atomic E-state index is 0.0552. The molecule has 1 aliphatic rings. The molecule has 0 atom stereocenters. The highest BCUT2D eigenvalue weighted by atomic mass is 79.9. The molecule has 5 rings (SSSR count). The van der Waals surface area contributed by atoms with Crippen LogP contribution in [-0.2, 0) is 17.8 Å². The van der Waals surface area contributed by atoms with Crippen LogP contribution in [-0.4, -0.2) is 26.2 Å². The SMILES string of the molecule is O=C1/C(=C/c2cn(Cc3ccc(F)cc3)c3ccc(Br)cc23)SC(=S)N1CCc1ccccc1. The monoisotopic (exact) mass is 550 g/mol. The van der Waals surface area contributed by atoms with E-state index in [0.29, 0.717) is 22.3 Å². The lowest BCUT2D eigenvalue weighted by molar-refractivity contribution is -0.122. The fourth-order valence-electron chi connectivity index (χ4n) is 4.05. The summed E-state index contributed by atoms with van der Waals surface area (Å²) in [5.41, 5.74) is 4.16. The first-order valence-electron chi connectivity index (χ1n) is 10.8. The summed E-state index contributed by atoms with van der Waals surface area (Å²) in [6.45, 7) is 1.16. The molecule has 0 unspecified atom stereocenters. The zero-order chi connectivity index (χ0) is 23.7. The summed E-state index contributed by atoms with van der Waals surface area (Å²) >= 11 is 10.4. The van der Waals surface area contributed by atoms with Gasteiger partial charge >= 0.3 is 0 Å². The Morgan fingerprint density at radius 2 is 1.76 bits per heavy atom. The first-order valence-corrected chi connectivity index (χ1v) is 12.8. The second kappa shape index (κ2) is 9.86. The second-order valence-corrected chi connectivity index (χ2v) is 10.7. The number of carbonyl (C=O) groups is 1. The third-order valence-corrected chi connectivity index (χ3v) is 7.64. The van der Waals surface area contributed by atoms with Crippen LogP contribution in [0.1, 0.15) is 16.7 Å². The highest BCUT2D eigenvalue weighted by Gasteiger charge is 2.31. The van der Waals surface area contributed by atoms with Gasteiger partial charge in [-0.1, -0.05) is 82.4 Å². The van der Waals surface area contributed by atoms with Crippen molar-refractivity contribution in [1.29, 1.82) is 0 Å². The summed E-state index contributed by atoms with van der Waals surface area (Å²) in [5.74, 6) is -0.305. The van der Waals surface area contributed by atoms with E-state index in [-0.39, 0.29) is 11.7 Å². The number of nitrogens with zero attached hydrogens (tertiary/aromatic N) is 2. The van der Waals surface area contributed by atoms with Crippen molar-refractivity contribution in [2.24, 2.45) is 0 Å². The largest absolute Gasteiger partial charge is 0.342 e. The molecule has 0 bridgehead atoms. The molecule has 2 heterocycles. The molecule has 170 valence electrons. The van der Waals surface area contributed by atoms with Gasteiger partial charge in [-0.2, -0.15) is 0 Å². The van der Waals surface area contributed by atoms with Gasteiger partial charge in [0.2, 0.25) is 0 Å². The highest BCUT2D eigenvalue weighted by molar-refractivity contribution is 9.10. The molecule has 3 aromatic carbocycles. The van der Waals surface area contributed by atoms with Gasteiger partial charge in [-0.3, -0.25) is 9.69 Å². The minimum atomic E-state index is -0.250. The number of rotatable bonds is 6. The highest BCUT2D eigenvalue weighted by Crippen LogP contribution is 2.35. The van der Waals surface area contributed by atoms with Crippen LogP contribution < -0.4 is 0 Å². The maximum atomic E-state index is 13.3. The Balaban J connectivity index is 1.43. The molecule has 1 saturated heterocycles. The van der Waals surface area contributed by atoms with Gasteiger partial charge in [0.25, 0.3) is 5.91 Å². The van der Waals surface area contributed by atoms with E-state index in [9.17, 15) is 9.18 Å². The summed E-state index contributed by atoms with van der Waals surface area (Å²) in [6.07, 6.45) is 4.72. The fourth-order valence-corrected chi connectivity index (χ4v) is 5.71. The van der Waals surface area contributed by atoms with Gasteiger partial charge in [-0.15, -0.1) is 0 Å². The molecule has 1 aliphatic heterocycles. The standard InChI is InChI=1S/C27H20BrFN2OS2/c28-21-8-11-24-23(15-21)20(17-30(24)16-19-6-9-22(29)10-7-19)14-25-26(32)31(27(33)34-25)13-12-18-4-2-1-3-5-18/h1-11,14-15,17H,12-13,16H2/b25-14-. The Kier molecular flexibility index (Phi) is 6.68. The number of hydrogen-bond acceptors (Lipinski definition) is 3. The summed E-state index contributed by atoms with van der Waals surface area (Å²) in [6, 6.07) is 22.7. The van der Waals surface area contributed by atoms with Crippen molar-refractivity contribution in [3.05, 3.63) is 111 Å². The number of fused-ring (bicyclic) bond motifs is 1. The summed E-state index contributed by atoms with van der Waals surface area (Å²) in [5, 5.41) is 1.03. The third-order valence-electron chi connectivity index (χ3n) is 5.77. The van der Waals surface area contributed by atoms with E-state index in [1.165, 1.54) is 29.5 Å². The number of halogens is 2. The first-order chi connectivity index (χ1) is 16.5. The van der Waals surface area contributed by atoms with Crippen molar-refractivity contribution in [3.63, 3.8) is 0 Å². The molecule has 4 aromatic rings. The summed E-state index contributed by atoms with van der Waals surface area (Å²) in [4.78, 5) is 15.5. The Bertz CT molecular complexity index is 1410. The molecule has 7 heteroatoms. The lowest BCUT2D eigenvalue weighted by Gasteiger charge is -2.14. The van der Waals surface area contributed by atoms with Crippen LogP contribution in [0.4, 0.5) is 4.39 Å². The number of benzene rings is 3. The maximum absolute atomic E-state index is 13.3. The lowest BCUT2D eigenvalue weighted by atomic mass is 10.1. The van der Waals surface area contributed by atoms with Crippen molar-refractivity contribution in [3.8, 4) is 0 Å². The average Bonchev–Trinajstić information content (AvgIpc) is 3.30. The first kappa shape index (κ1) is 23.0. The molecule has 1 fully saturated rings. The zero-order valence-corrected chi connectivity index (χ0v) is 21.3. The number of aromatic nitrogens is 1. The van der Waals surface area contributed by atoms with E-state index in [2.05, 4.69) is 38.7 Å². The van der Waals surface area contributed by atoms with Crippen molar-refractivity contribution >= 4 is 67.1 Å². The van der Waals surface area contributed by atoms with Crippen LogP contribution in [0, 0.1) is 5.82 Å². The van der Waals surface area contributed by atoms with E-state index >= 15 is 0 Å². The van der Waals surface area contributed by atoms with Crippen molar-refractivity contribution in [1.82, 2.24) is 9.47 Å². The van der Waals surface area contributed by atoms with E-state index in [0.717, 1.165) is 32.9 Å². The number of hydrogen-bond donors (Lipinski definition) is 0. The van der Waals surface area contributed by atoms with Gasteiger partial charge in [0.1, 0.15) is 10.1 Å². The Labute approximate surface area is 215 Å². The lowest BCUT2D eigenvalue weighted by Crippen LogP contribution is -2.30. The van der Waals surface area contributed by atoms with Crippen LogP contribution in [0.25, 0.3) is 17.0 Å². The van der Waals surface area contributed by atoms with Crippen molar-refractivity contribution < 1.29 is 9.18 Å². The second-order valence-electron chi connectivity index (χ2n) is 8.07. The normalized spacial score (nSPS) is 15.1. The summed E-state index contributed by atoms with van der Waals surface area (Å²) < 4.78 is 17.0. The number of amides is 1. The minimum Gasteiger partial charge on any atom is -0.342 e. The van der Waals surface area contributed by atoms with Crippen LogP contribution in [0.2, 0.25) is 0 Å². The molecule has 3 nitrogen and oxygen atoms in total. The zero-order valence-electron chi connectivity index (χ0n) is 18.1. The Hall–Kier alpha value is -2.74. The Morgan fingerprint density at radius 3 is 2.53 bits per heavy atom. The Morgan fingerprint density at radius 1 is 1.00 bits per heavy atom. The van der Waals surface area contributed by atoms with Crippen LogP contribution in [0.5, 0.6) is 0 Å². The molecule has 1 amide bonds. The predicted molar refractivity (Wildman–Crippen MR) is 145 cm³/mol. The topological polar surface area (TPSA) is 25.2 Å². The molecule has 0 radical (unpaired) electrons. The van der Waals surface area contributed by atoms with Gasteiger partial charge in [0.15, 0.2) is 0 Å². The van der Waals surface area contributed by atoms with Crippen LogP contribution in [0.15, 0.2) is 88.4 Å². The molecule has 0 N–H and O–H groups in total. The smallest absolute Gasteiger partial charge is 0.266 e. The van der Waals surface area contributed by atoms with Gasteiger partial charge in [0.05, 0.1) is 4.91 Å². The van der Waals surface area contributed by atoms with E-state index in [4.69, 9.17) is 12.2 Å². The molecule has 0 spiro atoms. The molecule has 0 aliphatic carbocycles. The molecular weight excluding hydrogens is 531 g/mol. The van der Waals surface area contributed by atoms with Crippen molar-refractivity contribution in [2.45, 2.75) is 13.0 Å². The van der Waals surface area contributed by atoms with Crippen LogP contribution in [0.3, 0.4) is 0 Å². The maximum Gasteiger partial charge on any atom is 0.266 e. The predicted octanol–water partition coefficient (Wildman–Crippen LogP) is 7.04. The van der Waals surface area contributed by atoms with E-state index in [1.54, 1.807) is 17.0 Å². The average molecular weight is 552 g/mol. The number of thiocarbonyl (C=S) groups is 1. The fraction of sp³-hybridized carbons (Fsp3) is 0.111. The van der Waals surface area contributed by atoms with Gasteiger partial charge < -0.3 is 4.57 Å². The van der Waals surface area contributed by atoms with Gasteiger partial charge in [0, 0.05) is 40.2 Å². The summed E-state index contributed by atoms with van der Waals surface area (Å²) in [7, 11) is 0.